The third-order valence-corrected chi connectivity index (χ3v) is 4.17. The molecule has 0 atom stereocenters. The van der Waals surface area contributed by atoms with Crippen molar-refractivity contribution in [1.29, 1.82) is 0 Å². The molecule has 130 valence electrons. The summed E-state index contributed by atoms with van der Waals surface area (Å²) in [5, 5.41) is 6.78. The molecule has 5 heteroatoms. The van der Waals surface area contributed by atoms with E-state index in [9.17, 15) is 0 Å². The molecule has 1 fully saturated rings. The van der Waals surface area contributed by atoms with Crippen LogP contribution in [-0.4, -0.2) is 75.2 Å². The van der Waals surface area contributed by atoms with E-state index >= 15 is 0 Å². The topological polar surface area (TPSA) is 42.9 Å². The first-order valence-electron chi connectivity index (χ1n) is 9.19. The summed E-state index contributed by atoms with van der Waals surface area (Å²) in [6.45, 7) is 13.4. The number of nitrogens with one attached hydrogen (secondary N) is 2. The number of piperazine rings is 1. The van der Waals surface area contributed by atoms with Gasteiger partial charge in [-0.1, -0.05) is 19.8 Å². The third kappa shape index (κ3) is 9.26. The Kier molecular flexibility index (Phi) is 11.1. The highest BCUT2D eigenvalue weighted by Gasteiger charge is 2.12. The van der Waals surface area contributed by atoms with Crippen LogP contribution in [0.5, 0.6) is 0 Å². The molecule has 1 aliphatic heterocycles. The Hall–Kier alpha value is -0.810. The number of aliphatic imine (C=N–C) groups is 1. The zero-order chi connectivity index (χ0) is 16.0. The van der Waals surface area contributed by atoms with Gasteiger partial charge in [-0.15, -0.1) is 0 Å². The first-order valence-corrected chi connectivity index (χ1v) is 9.19. The minimum absolute atomic E-state index is 0.931. The highest BCUT2D eigenvalue weighted by Crippen LogP contribution is 2.01. The van der Waals surface area contributed by atoms with Gasteiger partial charge in [0.2, 0.25) is 0 Å². The lowest BCUT2D eigenvalue weighted by atomic mass is 10.2. The molecule has 0 bridgehead atoms. The molecule has 0 aromatic carbocycles. The van der Waals surface area contributed by atoms with Crippen molar-refractivity contribution in [3.8, 4) is 0 Å². The SMILES string of the molecule is CCCCCN=C(NCC)NCCCCN1CCN(C)CC1. The van der Waals surface area contributed by atoms with Gasteiger partial charge in [-0.25, -0.2) is 0 Å². The molecule has 0 unspecified atom stereocenters. The summed E-state index contributed by atoms with van der Waals surface area (Å²) in [5.74, 6) is 0.984. The molecule has 0 aromatic heterocycles. The minimum atomic E-state index is 0.931. The molecule has 0 amide bonds. The number of rotatable bonds is 10. The lowest BCUT2D eigenvalue weighted by molar-refractivity contribution is 0.152. The molecule has 1 heterocycles. The maximum absolute atomic E-state index is 4.63. The zero-order valence-electron chi connectivity index (χ0n) is 15.0. The number of nitrogens with zero attached hydrogens (tertiary/aromatic N) is 3. The zero-order valence-corrected chi connectivity index (χ0v) is 15.0. The van der Waals surface area contributed by atoms with E-state index in [4.69, 9.17) is 0 Å². The molecule has 1 rings (SSSR count). The van der Waals surface area contributed by atoms with Crippen LogP contribution in [0.25, 0.3) is 0 Å². The summed E-state index contributed by atoms with van der Waals surface area (Å²) in [4.78, 5) is 9.63. The van der Waals surface area contributed by atoms with Crippen molar-refractivity contribution in [2.24, 2.45) is 4.99 Å². The quantitative estimate of drug-likeness (QED) is 0.366. The highest BCUT2D eigenvalue weighted by atomic mass is 15.2. The predicted octanol–water partition coefficient (Wildman–Crippen LogP) is 1.76. The van der Waals surface area contributed by atoms with Crippen LogP contribution in [-0.2, 0) is 0 Å². The minimum Gasteiger partial charge on any atom is -0.357 e. The molecule has 5 nitrogen and oxygen atoms in total. The number of hydrogen-bond donors (Lipinski definition) is 2. The van der Waals surface area contributed by atoms with Gasteiger partial charge < -0.3 is 20.4 Å². The fraction of sp³-hybridized carbons (Fsp3) is 0.941. The van der Waals surface area contributed by atoms with Crippen molar-refractivity contribution < 1.29 is 0 Å². The number of guanidine groups is 1. The van der Waals surface area contributed by atoms with Gasteiger partial charge in [0.15, 0.2) is 5.96 Å². The first-order chi connectivity index (χ1) is 10.8. The van der Waals surface area contributed by atoms with Gasteiger partial charge >= 0.3 is 0 Å². The van der Waals surface area contributed by atoms with Crippen molar-refractivity contribution in [2.75, 3.05) is 59.4 Å². The Morgan fingerprint density at radius 3 is 2.41 bits per heavy atom. The van der Waals surface area contributed by atoms with Gasteiger partial charge in [0.05, 0.1) is 0 Å². The maximum atomic E-state index is 4.63. The van der Waals surface area contributed by atoms with Crippen LogP contribution in [0, 0.1) is 0 Å². The van der Waals surface area contributed by atoms with Crippen LogP contribution in [0.2, 0.25) is 0 Å². The van der Waals surface area contributed by atoms with Gasteiger partial charge in [-0.2, -0.15) is 0 Å². The largest absolute Gasteiger partial charge is 0.357 e. The Labute approximate surface area is 137 Å². The van der Waals surface area contributed by atoms with E-state index in [1.807, 2.05) is 0 Å². The Morgan fingerprint density at radius 1 is 0.955 bits per heavy atom. The summed E-state index contributed by atoms with van der Waals surface area (Å²) in [7, 11) is 2.21. The monoisotopic (exact) mass is 311 g/mol. The van der Waals surface area contributed by atoms with Crippen LogP contribution in [0.1, 0.15) is 46.0 Å². The maximum Gasteiger partial charge on any atom is 0.191 e. The van der Waals surface area contributed by atoms with Gasteiger partial charge in [-0.3, -0.25) is 4.99 Å². The van der Waals surface area contributed by atoms with Crippen LogP contribution in [0.4, 0.5) is 0 Å². The van der Waals surface area contributed by atoms with Crippen molar-refractivity contribution in [2.45, 2.75) is 46.0 Å². The molecule has 0 spiro atoms. The van der Waals surface area contributed by atoms with Crippen molar-refractivity contribution >= 4 is 5.96 Å². The van der Waals surface area contributed by atoms with Crippen molar-refractivity contribution in [3.05, 3.63) is 0 Å². The average Bonchev–Trinajstić information content (AvgIpc) is 2.53. The van der Waals surface area contributed by atoms with Crippen LogP contribution >= 0.6 is 0 Å². The van der Waals surface area contributed by atoms with Crippen LogP contribution in [0.15, 0.2) is 4.99 Å². The molecule has 0 aromatic rings. The number of unbranched alkanes of at least 4 members (excludes halogenated alkanes) is 3. The van der Waals surface area contributed by atoms with Gasteiger partial charge in [0.1, 0.15) is 0 Å². The van der Waals surface area contributed by atoms with E-state index in [-0.39, 0.29) is 0 Å². The average molecular weight is 312 g/mol. The molecule has 0 saturated carbocycles. The van der Waals surface area contributed by atoms with Gasteiger partial charge in [0, 0.05) is 45.8 Å². The van der Waals surface area contributed by atoms with Crippen LogP contribution < -0.4 is 10.6 Å². The fourth-order valence-corrected chi connectivity index (χ4v) is 2.63. The smallest absolute Gasteiger partial charge is 0.191 e. The molecular formula is C17H37N5. The molecule has 22 heavy (non-hydrogen) atoms. The Morgan fingerprint density at radius 2 is 1.73 bits per heavy atom. The molecular weight excluding hydrogens is 274 g/mol. The summed E-state index contributed by atoms with van der Waals surface area (Å²) in [5.41, 5.74) is 0. The Bertz CT molecular complexity index is 285. The lowest BCUT2D eigenvalue weighted by Gasteiger charge is -2.32. The molecule has 0 aliphatic carbocycles. The van der Waals surface area contributed by atoms with Gasteiger partial charge in [0.25, 0.3) is 0 Å². The van der Waals surface area contributed by atoms with E-state index in [0.29, 0.717) is 0 Å². The standard InChI is InChI=1S/C17H37N5/c1-4-6-7-10-19-17(18-5-2)20-11-8-9-12-22-15-13-21(3)14-16-22/h4-16H2,1-3H3,(H2,18,19,20). The van der Waals surface area contributed by atoms with Crippen LogP contribution in [0.3, 0.4) is 0 Å². The van der Waals surface area contributed by atoms with Crippen molar-refractivity contribution in [1.82, 2.24) is 20.4 Å². The van der Waals surface area contributed by atoms with Gasteiger partial charge in [-0.05, 0) is 39.8 Å². The summed E-state index contributed by atoms with van der Waals surface area (Å²) in [6, 6.07) is 0. The highest BCUT2D eigenvalue weighted by molar-refractivity contribution is 5.79. The second-order valence-electron chi connectivity index (χ2n) is 6.25. The van der Waals surface area contributed by atoms with E-state index in [1.165, 1.54) is 64.8 Å². The fourth-order valence-electron chi connectivity index (χ4n) is 2.63. The molecule has 1 aliphatic rings. The third-order valence-electron chi connectivity index (χ3n) is 4.17. The number of hydrogen-bond acceptors (Lipinski definition) is 3. The molecule has 2 N–H and O–H groups in total. The summed E-state index contributed by atoms with van der Waals surface area (Å²) < 4.78 is 0. The van der Waals surface area contributed by atoms with E-state index in [2.05, 4.69) is 46.3 Å². The molecule has 0 radical (unpaired) electrons. The van der Waals surface area contributed by atoms with E-state index in [1.54, 1.807) is 0 Å². The second kappa shape index (κ2) is 12.7. The van der Waals surface area contributed by atoms with Crippen molar-refractivity contribution in [3.63, 3.8) is 0 Å². The van der Waals surface area contributed by atoms with E-state index in [0.717, 1.165) is 25.6 Å². The normalized spacial score (nSPS) is 17.7. The summed E-state index contributed by atoms with van der Waals surface area (Å²) in [6.07, 6.45) is 6.20. The lowest BCUT2D eigenvalue weighted by Crippen LogP contribution is -2.44. The summed E-state index contributed by atoms with van der Waals surface area (Å²) >= 11 is 0. The first kappa shape index (κ1) is 19.2. The predicted molar refractivity (Wildman–Crippen MR) is 96.7 cm³/mol. The Balaban J connectivity index is 2.06. The second-order valence-corrected chi connectivity index (χ2v) is 6.25. The van der Waals surface area contributed by atoms with E-state index < -0.39 is 0 Å². The number of likely N-dealkylation sites (N-methyl/N-ethyl adjacent to an activating group) is 1. The molecule has 1 saturated heterocycles.